The monoisotopic (exact) mass is 745 g/mol. The summed E-state index contributed by atoms with van der Waals surface area (Å²) in [6, 6.07) is 0. The van der Waals surface area contributed by atoms with Gasteiger partial charge in [0.2, 0.25) is 0 Å². The van der Waals surface area contributed by atoms with E-state index >= 15 is 0 Å². The molecule has 0 aromatic carbocycles. The topological polar surface area (TPSA) is 78.9 Å². The SMILES string of the molecule is CCCCCC/C=C\C/C=C\CCCCCCCC(=O)OCC(COC(=O)CCCCCCCC)OC(=O)CCCCCCC/C=C\CCCCCC. The largest absolute Gasteiger partial charge is 0.462 e. The summed E-state index contributed by atoms with van der Waals surface area (Å²) in [5, 5.41) is 0. The van der Waals surface area contributed by atoms with Crippen molar-refractivity contribution in [1.82, 2.24) is 0 Å². The molecule has 0 aromatic heterocycles. The Balaban J connectivity index is 4.30. The smallest absolute Gasteiger partial charge is 0.306 e. The number of carbonyl (C=O) groups is 3. The first-order valence-corrected chi connectivity index (χ1v) is 22.5. The predicted octanol–water partition coefficient (Wildman–Crippen LogP) is 14.2. The molecule has 0 saturated carbocycles. The van der Waals surface area contributed by atoms with E-state index in [1.54, 1.807) is 0 Å². The molecule has 0 aliphatic heterocycles. The van der Waals surface area contributed by atoms with Gasteiger partial charge in [0.1, 0.15) is 13.2 Å². The van der Waals surface area contributed by atoms with Crippen LogP contribution < -0.4 is 0 Å². The maximum Gasteiger partial charge on any atom is 0.306 e. The average molecular weight is 745 g/mol. The van der Waals surface area contributed by atoms with E-state index in [2.05, 4.69) is 57.2 Å². The maximum absolute atomic E-state index is 12.7. The number of allylic oxidation sites excluding steroid dienone is 6. The zero-order chi connectivity index (χ0) is 38.7. The van der Waals surface area contributed by atoms with Gasteiger partial charge in [-0.25, -0.2) is 0 Å². The lowest BCUT2D eigenvalue weighted by atomic mass is 10.1. The van der Waals surface area contributed by atoms with Crippen LogP contribution in [0, 0.1) is 0 Å². The lowest BCUT2D eigenvalue weighted by Crippen LogP contribution is -2.30. The van der Waals surface area contributed by atoms with E-state index < -0.39 is 6.10 Å². The van der Waals surface area contributed by atoms with Crippen LogP contribution in [0.3, 0.4) is 0 Å². The van der Waals surface area contributed by atoms with Gasteiger partial charge in [0.05, 0.1) is 0 Å². The van der Waals surface area contributed by atoms with E-state index in [1.807, 2.05) is 0 Å². The van der Waals surface area contributed by atoms with Crippen LogP contribution in [0.15, 0.2) is 36.5 Å². The number of hydrogen-bond acceptors (Lipinski definition) is 6. The van der Waals surface area contributed by atoms with Crippen LogP contribution >= 0.6 is 0 Å². The molecule has 0 spiro atoms. The fourth-order valence-corrected chi connectivity index (χ4v) is 6.17. The molecule has 0 bridgehead atoms. The lowest BCUT2D eigenvalue weighted by molar-refractivity contribution is -0.167. The Bertz CT molecular complexity index is 907. The minimum Gasteiger partial charge on any atom is -0.462 e. The molecule has 0 radical (unpaired) electrons. The molecule has 6 nitrogen and oxygen atoms in total. The van der Waals surface area contributed by atoms with Crippen molar-refractivity contribution in [2.75, 3.05) is 13.2 Å². The third-order valence-electron chi connectivity index (χ3n) is 9.62. The van der Waals surface area contributed by atoms with Crippen LogP contribution in [0.5, 0.6) is 0 Å². The number of unbranched alkanes of at least 4 members (excludes halogenated alkanes) is 23. The Morgan fingerprint density at radius 2 is 0.679 bits per heavy atom. The highest BCUT2D eigenvalue weighted by molar-refractivity contribution is 5.71. The van der Waals surface area contributed by atoms with E-state index in [0.717, 1.165) is 89.9 Å². The second-order valence-electron chi connectivity index (χ2n) is 15.0. The van der Waals surface area contributed by atoms with Gasteiger partial charge in [0.25, 0.3) is 0 Å². The summed E-state index contributed by atoms with van der Waals surface area (Å²) >= 11 is 0. The summed E-state index contributed by atoms with van der Waals surface area (Å²) in [7, 11) is 0. The molecule has 0 aliphatic carbocycles. The summed E-state index contributed by atoms with van der Waals surface area (Å²) in [6.45, 7) is 6.52. The van der Waals surface area contributed by atoms with Crippen molar-refractivity contribution >= 4 is 17.9 Å². The first-order valence-electron chi connectivity index (χ1n) is 22.5. The van der Waals surface area contributed by atoms with Gasteiger partial charge in [-0.15, -0.1) is 0 Å². The van der Waals surface area contributed by atoms with Crippen LogP contribution in [0.1, 0.15) is 226 Å². The van der Waals surface area contributed by atoms with Crippen LogP contribution in [0.2, 0.25) is 0 Å². The van der Waals surface area contributed by atoms with Crippen LogP contribution in [0.25, 0.3) is 0 Å². The van der Waals surface area contributed by atoms with Crippen molar-refractivity contribution < 1.29 is 28.6 Å². The molecule has 0 aromatic rings. The molecule has 0 heterocycles. The average Bonchev–Trinajstić information content (AvgIpc) is 3.15. The van der Waals surface area contributed by atoms with Gasteiger partial charge in [-0.3, -0.25) is 14.4 Å². The molecule has 0 rings (SSSR count). The summed E-state index contributed by atoms with van der Waals surface area (Å²) in [4.78, 5) is 37.5. The number of hydrogen-bond donors (Lipinski definition) is 0. The predicted molar refractivity (Wildman–Crippen MR) is 224 cm³/mol. The first-order chi connectivity index (χ1) is 26.0. The highest BCUT2D eigenvalue weighted by Crippen LogP contribution is 2.13. The Hall–Kier alpha value is -2.37. The Morgan fingerprint density at radius 1 is 0.377 bits per heavy atom. The third kappa shape index (κ3) is 40.6. The van der Waals surface area contributed by atoms with Gasteiger partial charge >= 0.3 is 17.9 Å². The summed E-state index contributed by atoms with van der Waals surface area (Å²) < 4.78 is 16.6. The third-order valence-corrected chi connectivity index (χ3v) is 9.62. The number of ether oxygens (including phenoxy) is 3. The Kier molecular flexibility index (Phi) is 40.5. The van der Waals surface area contributed by atoms with Gasteiger partial charge in [-0.05, 0) is 77.0 Å². The van der Waals surface area contributed by atoms with E-state index in [9.17, 15) is 14.4 Å². The molecule has 1 atom stereocenters. The molecular weight excluding hydrogens is 661 g/mol. The Morgan fingerprint density at radius 3 is 1.08 bits per heavy atom. The molecule has 0 saturated heterocycles. The van der Waals surface area contributed by atoms with Gasteiger partial charge in [0, 0.05) is 19.3 Å². The van der Waals surface area contributed by atoms with Crippen molar-refractivity contribution in [3.05, 3.63) is 36.5 Å². The fourth-order valence-electron chi connectivity index (χ4n) is 6.17. The maximum atomic E-state index is 12.7. The number of esters is 3. The zero-order valence-corrected chi connectivity index (χ0v) is 35.0. The van der Waals surface area contributed by atoms with Gasteiger partial charge in [-0.1, -0.05) is 166 Å². The molecule has 6 heteroatoms. The standard InChI is InChI=1S/C47H84O6/c1-4-7-10-13-16-18-20-22-23-24-26-27-29-31-34-37-40-46(49)52-43-44(42-51-45(48)39-36-33-15-12-9-6-3)53-47(50)41-38-35-32-30-28-25-21-19-17-14-11-8-5-2/h18-21,23-24,44H,4-17,22,25-43H2,1-3H3/b20-18-,21-19-,24-23-. The normalized spacial score (nSPS) is 12.3. The summed E-state index contributed by atoms with van der Waals surface area (Å²) in [6.07, 6.45) is 47.1. The van der Waals surface area contributed by atoms with Crippen molar-refractivity contribution in [3.63, 3.8) is 0 Å². The van der Waals surface area contributed by atoms with Crippen LogP contribution in [0.4, 0.5) is 0 Å². The van der Waals surface area contributed by atoms with Crippen molar-refractivity contribution in [3.8, 4) is 0 Å². The van der Waals surface area contributed by atoms with E-state index in [1.165, 1.54) is 96.3 Å². The number of carbonyl (C=O) groups excluding carboxylic acids is 3. The molecule has 0 N–H and O–H groups in total. The molecular formula is C47H84O6. The van der Waals surface area contributed by atoms with Gasteiger partial charge in [0.15, 0.2) is 6.10 Å². The Labute approximate surface area is 327 Å². The zero-order valence-electron chi connectivity index (χ0n) is 35.0. The molecule has 53 heavy (non-hydrogen) atoms. The quantitative estimate of drug-likeness (QED) is 0.0269. The van der Waals surface area contributed by atoms with Gasteiger partial charge in [-0.2, -0.15) is 0 Å². The minimum atomic E-state index is -0.775. The first kappa shape index (κ1) is 50.6. The molecule has 0 amide bonds. The second-order valence-corrected chi connectivity index (χ2v) is 15.0. The highest BCUT2D eigenvalue weighted by Gasteiger charge is 2.19. The summed E-state index contributed by atoms with van der Waals surface area (Å²) in [5.41, 5.74) is 0. The molecule has 308 valence electrons. The van der Waals surface area contributed by atoms with E-state index in [0.29, 0.717) is 19.3 Å². The van der Waals surface area contributed by atoms with Crippen LogP contribution in [-0.4, -0.2) is 37.2 Å². The fraction of sp³-hybridized carbons (Fsp3) is 0.809. The lowest BCUT2D eigenvalue weighted by Gasteiger charge is -2.18. The van der Waals surface area contributed by atoms with Crippen molar-refractivity contribution in [2.24, 2.45) is 0 Å². The highest BCUT2D eigenvalue weighted by atomic mass is 16.6. The van der Waals surface area contributed by atoms with Crippen LogP contribution in [-0.2, 0) is 28.6 Å². The minimum absolute atomic E-state index is 0.0798. The van der Waals surface area contributed by atoms with E-state index in [4.69, 9.17) is 14.2 Å². The van der Waals surface area contributed by atoms with Crippen molar-refractivity contribution in [2.45, 2.75) is 232 Å². The molecule has 1 unspecified atom stereocenters. The molecule has 0 aliphatic rings. The summed E-state index contributed by atoms with van der Waals surface area (Å²) in [5.74, 6) is -0.912. The van der Waals surface area contributed by atoms with Crippen molar-refractivity contribution in [1.29, 1.82) is 0 Å². The second kappa shape index (κ2) is 42.4. The number of rotatable bonds is 40. The van der Waals surface area contributed by atoms with Gasteiger partial charge < -0.3 is 14.2 Å². The molecule has 0 fully saturated rings. The van der Waals surface area contributed by atoms with E-state index in [-0.39, 0.29) is 31.1 Å².